The summed E-state index contributed by atoms with van der Waals surface area (Å²) in [5.41, 5.74) is 0.0301. The van der Waals surface area contributed by atoms with Crippen molar-refractivity contribution in [3.05, 3.63) is 29.8 Å². The molecule has 1 spiro atoms. The molecule has 0 bridgehead atoms. The monoisotopic (exact) mass is 248 g/mol. The summed E-state index contributed by atoms with van der Waals surface area (Å²) in [6.07, 6.45) is 0.142. The molecule has 0 amide bonds. The van der Waals surface area contributed by atoms with Gasteiger partial charge in [0.1, 0.15) is 17.0 Å². The highest BCUT2D eigenvalue weighted by atomic mass is 16.7. The lowest BCUT2D eigenvalue weighted by Crippen LogP contribution is -2.40. The van der Waals surface area contributed by atoms with E-state index in [1.54, 1.807) is 0 Å². The number of methoxy groups -OCH3 is 1. The quantitative estimate of drug-likeness (QED) is 0.563. The second-order valence-electron chi connectivity index (χ2n) is 5.45. The molecule has 2 unspecified atom stereocenters. The van der Waals surface area contributed by atoms with Gasteiger partial charge in [0, 0.05) is 12.0 Å². The number of ether oxygens (including phenoxy) is 3. The molecule has 0 aliphatic carbocycles. The molecule has 2 heterocycles. The van der Waals surface area contributed by atoms with Gasteiger partial charge >= 0.3 is 5.97 Å². The molecule has 96 valence electrons. The van der Waals surface area contributed by atoms with Gasteiger partial charge in [-0.05, 0) is 19.9 Å². The molecule has 0 radical (unpaired) electrons. The first-order valence-electron chi connectivity index (χ1n) is 6.03. The van der Waals surface area contributed by atoms with E-state index < -0.39 is 11.7 Å². The topological polar surface area (TPSA) is 48.1 Å². The first-order valence-corrected chi connectivity index (χ1v) is 6.03. The van der Waals surface area contributed by atoms with E-state index in [1.165, 1.54) is 7.11 Å². The van der Waals surface area contributed by atoms with Gasteiger partial charge in [-0.1, -0.05) is 18.2 Å². The van der Waals surface area contributed by atoms with Crippen LogP contribution in [0.1, 0.15) is 25.8 Å². The molecule has 4 nitrogen and oxygen atoms in total. The molecule has 1 fully saturated rings. The van der Waals surface area contributed by atoms with Crippen LogP contribution in [0.4, 0.5) is 0 Å². The number of hydrogen-bond donors (Lipinski definition) is 0. The Morgan fingerprint density at radius 1 is 1.39 bits per heavy atom. The SMILES string of the molecule is COC(=O)C1OC12CC(C)(C)Oc1ccccc12. The van der Waals surface area contributed by atoms with Crippen LogP contribution in [0, 0.1) is 0 Å². The Morgan fingerprint density at radius 3 is 2.83 bits per heavy atom. The van der Waals surface area contributed by atoms with E-state index in [0.29, 0.717) is 6.42 Å². The summed E-state index contributed by atoms with van der Waals surface area (Å²) in [4.78, 5) is 11.7. The first kappa shape index (κ1) is 11.5. The van der Waals surface area contributed by atoms with Crippen LogP contribution in [0.5, 0.6) is 5.75 Å². The van der Waals surface area contributed by atoms with Crippen LogP contribution in [0.3, 0.4) is 0 Å². The van der Waals surface area contributed by atoms with Crippen LogP contribution in [0.15, 0.2) is 24.3 Å². The number of rotatable bonds is 1. The van der Waals surface area contributed by atoms with Crippen molar-refractivity contribution in [3.63, 3.8) is 0 Å². The smallest absolute Gasteiger partial charge is 0.338 e. The maximum atomic E-state index is 11.7. The summed E-state index contributed by atoms with van der Waals surface area (Å²) < 4.78 is 16.4. The summed E-state index contributed by atoms with van der Waals surface area (Å²) in [6, 6.07) is 7.71. The van der Waals surface area contributed by atoms with Gasteiger partial charge < -0.3 is 14.2 Å². The van der Waals surface area contributed by atoms with E-state index in [9.17, 15) is 4.79 Å². The number of carbonyl (C=O) groups excluding carboxylic acids is 1. The minimum Gasteiger partial charge on any atom is -0.487 e. The zero-order chi connectivity index (χ0) is 13.0. The Bertz CT molecular complexity index is 508. The van der Waals surface area contributed by atoms with Crippen molar-refractivity contribution < 1.29 is 19.0 Å². The predicted molar refractivity (Wildman–Crippen MR) is 64.3 cm³/mol. The number of fused-ring (bicyclic) bond motifs is 2. The van der Waals surface area contributed by atoms with Crippen molar-refractivity contribution in [2.24, 2.45) is 0 Å². The Kier molecular flexibility index (Phi) is 2.23. The fourth-order valence-electron chi connectivity index (χ4n) is 2.83. The third-order valence-electron chi connectivity index (χ3n) is 3.53. The Balaban J connectivity index is 2.04. The summed E-state index contributed by atoms with van der Waals surface area (Å²) in [5, 5.41) is 0. The molecule has 18 heavy (non-hydrogen) atoms. The molecule has 2 atom stereocenters. The van der Waals surface area contributed by atoms with Gasteiger partial charge in [-0.25, -0.2) is 4.79 Å². The Labute approximate surface area is 106 Å². The van der Waals surface area contributed by atoms with Gasteiger partial charge in [-0.3, -0.25) is 0 Å². The lowest BCUT2D eigenvalue weighted by atomic mass is 9.82. The van der Waals surface area contributed by atoms with Crippen LogP contribution in [-0.2, 0) is 19.9 Å². The molecule has 0 aromatic heterocycles. The number of para-hydroxylation sites is 1. The number of hydrogen-bond acceptors (Lipinski definition) is 4. The zero-order valence-electron chi connectivity index (χ0n) is 10.7. The van der Waals surface area contributed by atoms with Gasteiger partial charge in [0.25, 0.3) is 0 Å². The van der Waals surface area contributed by atoms with Crippen LogP contribution >= 0.6 is 0 Å². The minimum absolute atomic E-state index is 0.317. The lowest BCUT2D eigenvalue weighted by molar-refractivity contribution is -0.142. The Morgan fingerprint density at radius 2 is 2.11 bits per heavy atom. The van der Waals surface area contributed by atoms with E-state index in [4.69, 9.17) is 14.2 Å². The molecular weight excluding hydrogens is 232 g/mol. The molecule has 1 aromatic carbocycles. The molecule has 3 rings (SSSR count). The summed E-state index contributed by atoms with van der Waals surface area (Å²) in [6.45, 7) is 4.00. The Hall–Kier alpha value is -1.55. The van der Waals surface area contributed by atoms with Crippen LogP contribution in [0.2, 0.25) is 0 Å². The highest BCUT2D eigenvalue weighted by Gasteiger charge is 2.67. The number of epoxide rings is 1. The third-order valence-corrected chi connectivity index (χ3v) is 3.53. The van der Waals surface area contributed by atoms with Crippen molar-refractivity contribution in [3.8, 4) is 5.75 Å². The van der Waals surface area contributed by atoms with E-state index in [1.807, 2.05) is 38.1 Å². The summed E-state index contributed by atoms with van der Waals surface area (Å²) >= 11 is 0. The molecule has 0 saturated carbocycles. The van der Waals surface area contributed by atoms with Crippen LogP contribution < -0.4 is 4.74 Å². The fraction of sp³-hybridized carbons (Fsp3) is 0.500. The van der Waals surface area contributed by atoms with Crippen molar-refractivity contribution >= 4 is 5.97 Å². The normalized spacial score (nSPS) is 31.4. The van der Waals surface area contributed by atoms with E-state index >= 15 is 0 Å². The van der Waals surface area contributed by atoms with Crippen LogP contribution in [0.25, 0.3) is 0 Å². The maximum Gasteiger partial charge on any atom is 0.338 e. The molecule has 2 aliphatic heterocycles. The summed E-state index contributed by atoms with van der Waals surface area (Å²) in [5.74, 6) is 0.475. The first-order chi connectivity index (χ1) is 8.48. The molecular formula is C14H16O4. The van der Waals surface area contributed by atoms with Crippen molar-refractivity contribution in [1.82, 2.24) is 0 Å². The number of benzene rings is 1. The lowest BCUT2D eigenvalue weighted by Gasteiger charge is -2.36. The largest absolute Gasteiger partial charge is 0.487 e. The van der Waals surface area contributed by atoms with Gasteiger partial charge in [-0.15, -0.1) is 0 Å². The fourth-order valence-corrected chi connectivity index (χ4v) is 2.83. The van der Waals surface area contributed by atoms with Crippen molar-refractivity contribution in [2.75, 3.05) is 7.11 Å². The van der Waals surface area contributed by atoms with Gasteiger partial charge in [-0.2, -0.15) is 0 Å². The third kappa shape index (κ3) is 1.52. The standard InChI is InChI=1S/C14H16O4/c1-13(2)8-14(11(18-14)12(15)16-3)9-6-4-5-7-10(9)17-13/h4-7,11H,8H2,1-3H3. The van der Waals surface area contributed by atoms with Crippen LogP contribution in [-0.4, -0.2) is 24.8 Å². The molecule has 2 aliphatic rings. The minimum atomic E-state index is -0.564. The van der Waals surface area contributed by atoms with E-state index in [0.717, 1.165) is 11.3 Å². The molecule has 1 aromatic rings. The average Bonchev–Trinajstić information content (AvgIpc) is 3.01. The zero-order valence-corrected chi connectivity index (χ0v) is 10.7. The number of esters is 1. The van der Waals surface area contributed by atoms with E-state index in [2.05, 4.69) is 0 Å². The molecule has 4 heteroatoms. The molecule has 1 saturated heterocycles. The van der Waals surface area contributed by atoms with Gasteiger partial charge in [0.05, 0.1) is 7.11 Å². The second kappa shape index (κ2) is 3.48. The highest BCUT2D eigenvalue weighted by Crippen LogP contribution is 2.57. The van der Waals surface area contributed by atoms with Gasteiger partial charge in [0.15, 0.2) is 6.10 Å². The molecule has 0 N–H and O–H groups in total. The maximum absolute atomic E-state index is 11.7. The van der Waals surface area contributed by atoms with E-state index in [-0.39, 0.29) is 11.6 Å². The van der Waals surface area contributed by atoms with Crippen molar-refractivity contribution in [1.29, 1.82) is 0 Å². The average molecular weight is 248 g/mol. The highest BCUT2D eigenvalue weighted by molar-refractivity contribution is 5.80. The number of carbonyl (C=O) groups is 1. The van der Waals surface area contributed by atoms with Crippen molar-refractivity contribution in [2.45, 2.75) is 37.6 Å². The van der Waals surface area contributed by atoms with Gasteiger partial charge in [0.2, 0.25) is 0 Å². The summed E-state index contributed by atoms with van der Waals surface area (Å²) in [7, 11) is 1.38. The second-order valence-corrected chi connectivity index (χ2v) is 5.45. The predicted octanol–water partition coefficient (Wildman–Crippen LogP) is 2.01.